The van der Waals surface area contributed by atoms with E-state index in [0.29, 0.717) is 21.8 Å². The van der Waals surface area contributed by atoms with Gasteiger partial charge >= 0.3 is 12.0 Å². The SMILES string of the molecule is CC1=CN(C)C(=O)C(N(C(=O)NCCC(=O)O)c2cccc(-c3ccccc3Cl)c2)C1=O. The minimum atomic E-state index is -1.42. The summed E-state index contributed by atoms with van der Waals surface area (Å²) >= 11 is 6.31. The van der Waals surface area contributed by atoms with E-state index in [9.17, 15) is 19.2 Å². The van der Waals surface area contributed by atoms with Crippen molar-refractivity contribution in [1.82, 2.24) is 10.2 Å². The van der Waals surface area contributed by atoms with Crippen molar-refractivity contribution in [2.75, 3.05) is 18.5 Å². The highest BCUT2D eigenvalue weighted by Gasteiger charge is 2.41. The van der Waals surface area contributed by atoms with E-state index < -0.39 is 29.7 Å². The number of anilines is 1. The van der Waals surface area contributed by atoms with E-state index in [1.165, 1.54) is 18.1 Å². The number of carbonyl (C=O) groups is 4. The molecule has 0 radical (unpaired) electrons. The van der Waals surface area contributed by atoms with E-state index in [1.54, 1.807) is 43.3 Å². The van der Waals surface area contributed by atoms with Gasteiger partial charge in [-0.2, -0.15) is 0 Å². The van der Waals surface area contributed by atoms with Crippen molar-refractivity contribution in [2.24, 2.45) is 0 Å². The second-order valence-corrected chi connectivity index (χ2v) is 7.71. The molecule has 0 spiro atoms. The fourth-order valence-electron chi connectivity index (χ4n) is 3.43. The lowest BCUT2D eigenvalue weighted by atomic mass is 9.98. The van der Waals surface area contributed by atoms with Crippen molar-refractivity contribution in [2.45, 2.75) is 19.4 Å². The van der Waals surface area contributed by atoms with Crippen molar-refractivity contribution in [3.8, 4) is 11.1 Å². The third-order valence-electron chi connectivity index (χ3n) is 5.01. The standard InChI is InChI=1S/C23H22ClN3O5/c1-14-13-26(2)22(31)20(21(14)30)27(23(32)25-11-10-19(28)29)16-7-5-6-15(12-16)17-8-3-4-9-18(17)24/h3-9,12-13,20H,10-11H2,1-2H3,(H,25,32)(H,28,29). The molecule has 9 heteroatoms. The molecule has 1 heterocycles. The van der Waals surface area contributed by atoms with Gasteiger partial charge in [0.05, 0.1) is 6.42 Å². The molecule has 1 atom stereocenters. The summed E-state index contributed by atoms with van der Waals surface area (Å²) in [5, 5.41) is 11.9. The highest BCUT2D eigenvalue weighted by atomic mass is 35.5. The Morgan fingerprint density at radius 2 is 1.88 bits per heavy atom. The molecular weight excluding hydrogens is 434 g/mol. The first kappa shape index (κ1) is 23.0. The molecule has 1 aliphatic heterocycles. The zero-order chi connectivity index (χ0) is 23.4. The summed E-state index contributed by atoms with van der Waals surface area (Å²) in [6.45, 7) is 1.41. The van der Waals surface area contributed by atoms with E-state index >= 15 is 0 Å². The van der Waals surface area contributed by atoms with Crippen LogP contribution in [0.1, 0.15) is 13.3 Å². The highest BCUT2D eigenvalue weighted by Crippen LogP contribution is 2.32. The second-order valence-electron chi connectivity index (χ2n) is 7.30. The maximum Gasteiger partial charge on any atom is 0.323 e. The van der Waals surface area contributed by atoms with Crippen LogP contribution in [0.25, 0.3) is 11.1 Å². The maximum atomic E-state index is 13.1. The summed E-state index contributed by atoms with van der Waals surface area (Å²) in [6.07, 6.45) is 1.12. The number of ketones is 1. The number of hydrogen-bond acceptors (Lipinski definition) is 4. The Morgan fingerprint density at radius 1 is 1.16 bits per heavy atom. The van der Waals surface area contributed by atoms with Crippen LogP contribution in [0.15, 0.2) is 60.3 Å². The molecular formula is C23H22ClN3O5. The van der Waals surface area contributed by atoms with E-state index in [2.05, 4.69) is 5.32 Å². The van der Waals surface area contributed by atoms with Gasteiger partial charge < -0.3 is 15.3 Å². The van der Waals surface area contributed by atoms with Gasteiger partial charge in [0.15, 0.2) is 11.8 Å². The van der Waals surface area contributed by atoms with Gasteiger partial charge in [0, 0.05) is 41.6 Å². The predicted octanol–water partition coefficient (Wildman–Crippen LogP) is 3.31. The highest BCUT2D eigenvalue weighted by molar-refractivity contribution is 6.33. The number of halogens is 1. The van der Waals surface area contributed by atoms with Gasteiger partial charge in [-0.25, -0.2) is 4.79 Å². The number of carboxylic acid groups (broad SMARTS) is 1. The Hall–Kier alpha value is -3.65. The van der Waals surface area contributed by atoms with Crippen LogP contribution in [0, 0.1) is 0 Å². The number of amides is 3. The number of hydrogen-bond donors (Lipinski definition) is 2. The Bertz CT molecular complexity index is 1110. The van der Waals surface area contributed by atoms with Crippen LogP contribution in [0.2, 0.25) is 5.02 Å². The number of carbonyl (C=O) groups excluding carboxylic acids is 3. The molecule has 3 amide bonds. The maximum absolute atomic E-state index is 13.1. The molecule has 2 N–H and O–H groups in total. The lowest BCUT2D eigenvalue weighted by Crippen LogP contribution is -2.58. The summed E-state index contributed by atoms with van der Waals surface area (Å²) in [7, 11) is 1.51. The number of benzene rings is 2. The molecule has 32 heavy (non-hydrogen) atoms. The predicted molar refractivity (Wildman–Crippen MR) is 120 cm³/mol. The molecule has 166 valence electrons. The third-order valence-corrected chi connectivity index (χ3v) is 5.34. The minimum absolute atomic E-state index is 0.158. The van der Waals surface area contributed by atoms with Gasteiger partial charge in [0.2, 0.25) is 0 Å². The molecule has 1 aliphatic rings. The molecule has 2 aromatic carbocycles. The minimum Gasteiger partial charge on any atom is -0.481 e. The van der Waals surface area contributed by atoms with Crippen LogP contribution in [0.3, 0.4) is 0 Å². The van der Waals surface area contributed by atoms with Crippen LogP contribution in [0.5, 0.6) is 0 Å². The Balaban J connectivity index is 2.06. The number of likely N-dealkylation sites (N-methyl/N-ethyl adjacent to an activating group) is 1. The Labute approximate surface area is 190 Å². The molecule has 0 aliphatic carbocycles. The van der Waals surface area contributed by atoms with Crippen LogP contribution < -0.4 is 10.2 Å². The monoisotopic (exact) mass is 455 g/mol. The number of carboxylic acids is 1. The summed E-state index contributed by atoms with van der Waals surface area (Å²) in [6, 6.07) is 11.7. The van der Waals surface area contributed by atoms with Gasteiger partial charge in [-0.15, -0.1) is 0 Å². The fourth-order valence-corrected chi connectivity index (χ4v) is 3.67. The summed E-state index contributed by atoms with van der Waals surface area (Å²) in [5.41, 5.74) is 2.03. The molecule has 0 saturated heterocycles. The van der Waals surface area contributed by atoms with E-state index in [-0.39, 0.29) is 13.0 Å². The van der Waals surface area contributed by atoms with Gasteiger partial charge in [0.25, 0.3) is 5.91 Å². The van der Waals surface area contributed by atoms with Crippen LogP contribution in [0.4, 0.5) is 10.5 Å². The zero-order valence-corrected chi connectivity index (χ0v) is 18.3. The largest absolute Gasteiger partial charge is 0.481 e. The molecule has 0 fully saturated rings. The third kappa shape index (κ3) is 4.81. The molecule has 0 saturated carbocycles. The van der Waals surface area contributed by atoms with E-state index in [0.717, 1.165) is 10.5 Å². The summed E-state index contributed by atoms with van der Waals surface area (Å²) in [5.74, 6) is -2.16. The topological polar surface area (TPSA) is 107 Å². The molecule has 1 unspecified atom stereocenters. The average molecular weight is 456 g/mol. The van der Waals surface area contributed by atoms with Crippen LogP contribution in [-0.4, -0.2) is 53.3 Å². The second kappa shape index (κ2) is 9.65. The first-order valence-electron chi connectivity index (χ1n) is 9.84. The summed E-state index contributed by atoms with van der Waals surface area (Å²) < 4.78 is 0. The first-order valence-corrected chi connectivity index (χ1v) is 10.2. The lowest BCUT2D eigenvalue weighted by Gasteiger charge is -2.34. The van der Waals surface area contributed by atoms with Crippen molar-refractivity contribution in [3.63, 3.8) is 0 Å². The lowest BCUT2D eigenvalue weighted by molar-refractivity contribution is -0.137. The molecule has 8 nitrogen and oxygen atoms in total. The van der Waals surface area contributed by atoms with Crippen molar-refractivity contribution in [3.05, 3.63) is 65.3 Å². The number of urea groups is 1. The van der Waals surface area contributed by atoms with Crippen molar-refractivity contribution < 1.29 is 24.3 Å². The number of aliphatic carboxylic acids is 1. The van der Waals surface area contributed by atoms with Gasteiger partial charge in [0.1, 0.15) is 0 Å². The number of nitrogens with one attached hydrogen (secondary N) is 1. The van der Waals surface area contributed by atoms with Crippen LogP contribution in [-0.2, 0) is 14.4 Å². The first-order chi connectivity index (χ1) is 15.2. The molecule has 0 bridgehead atoms. The smallest absolute Gasteiger partial charge is 0.323 e. The normalized spacial score (nSPS) is 15.9. The average Bonchev–Trinajstić information content (AvgIpc) is 2.75. The van der Waals surface area contributed by atoms with E-state index in [4.69, 9.17) is 16.7 Å². The number of nitrogens with zero attached hydrogens (tertiary/aromatic N) is 2. The molecule has 2 aromatic rings. The summed E-state index contributed by atoms with van der Waals surface area (Å²) in [4.78, 5) is 52.1. The van der Waals surface area contributed by atoms with Crippen molar-refractivity contribution in [1.29, 1.82) is 0 Å². The molecule has 0 aromatic heterocycles. The molecule has 3 rings (SSSR count). The van der Waals surface area contributed by atoms with Gasteiger partial charge in [-0.3, -0.25) is 19.3 Å². The number of rotatable bonds is 6. The Kier molecular flexibility index (Phi) is 6.95. The quantitative estimate of drug-likeness (QED) is 0.650. The van der Waals surface area contributed by atoms with E-state index in [1.807, 2.05) is 12.1 Å². The van der Waals surface area contributed by atoms with Crippen LogP contribution >= 0.6 is 11.6 Å². The Morgan fingerprint density at radius 3 is 2.56 bits per heavy atom. The van der Waals surface area contributed by atoms with Gasteiger partial charge in [-0.1, -0.05) is 41.9 Å². The zero-order valence-electron chi connectivity index (χ0n) is 17.5. The fraction of sp³-hybridized carbons (Fsp3) is 0.217. The van der Waals surface area contributed by atoms with Crippen molar-refractivity contribution >= 4 is 41.0 Å². The number of Topliss-reactive ketones (excluding diaryl/α,β-unsaturated/α-hetero) is 1. The van der Waals surface area contributed by atoms with Gasteiger partial charge in [-0.05, 0) is 30.7 Å².